The number of carbonyl (C=O) groups excluding carboxylic acids is 1. The van der Waals surface area contributed by atoms with E-state index in [4.69, 9.17) is 5.73 Å². The van der Waals surface area contributed by atoms with E-state index in [1.54, 1.807) is 0 Å². The Kier molecular flexibility index (Phi) is 9.66. The summed E-state index contributed by atoms with van der Waals surface area (Å²) in [6.07, 6.45) is 8.39. The van der Waals surface area contributed by atoms with Crippen molar-refractivity contribution in [1.82, 2.24) is 14.5 Å². The smallest absolute Gasteiger partial charge is 0.222 e. The van der Waals surface area contributed by atoms with E-state index >= 15 is 0 Å². The van der Waals surface area contributed by atoms with Crippen molar-refractivity contribution in [2.24, 2.45) is 5.73 Å². The minimum absolute atomic E-state index is 0. The summed E-state index contributed by atoms with van der Waals surface area (Å²) < 4.78 is 2.24. The topological polar surface area (TPSA) is 64.2 Å². The average Bonchev–Trinajstić information content (AvgIpc) is 2.93. The standard InChI is InChI=1S/C14H24N4O.2ClH/c1-2-13-16-8-10-18(13)12-5-4-9-17(11-12)14(19)6-3-7-15;;/h8,10,12H,2-7,9,11,15H2,1H3;2*1H. The summed E-state index contributed by atoms with van der Waals surface area (Å²) in [4.78, 5) is 18.4. The molecule has 5 nitrogen and oxygen atoms in total. The van der Waals surface area contributed by atoms with Gasteiger partial charge >= 0.3 is 0 Å². The molecule has 0 aromatic carbocycles. The molecule has 1 fully saturated rings. The van der Waals surface area contributed by atoms with Gasteiger partial charge < -0.3 is 15.2 Å². The number of amides is 1. The Morgan fingerprint density at radius 1 is 1.48 bits per heavy atom. The lowest BCUT2D eigenvalue weighted by Gasteiger charge is -2.34. The first-order chi connectivity index (χ1) is 9.26. The third-order valence-corrected chi connectivity index (χ3v) is 3.80. The molecule has 1 amide bonds. The van der Waals surface area contributed by atoms with Gasteiger partial charge in [-0.3, -0.25) is 4.79 Å². The van der Waals surface area contributed by atoms with Crippen LogP contribution in [0.4, 0.5) is 0 Å². The number of rotatable bonds is 5. The molecule has 1 aromatic heterocycles. The van der Waals surface area contributed by atoms with E-state index in [0.717, 1.165) is 44.6 Å². The van der Waals surface area contributed by atoms with Gasteiger partial charge in [-0.25, -0.2) is 4.98 Å². The Morgan fingerprint density at radius 3 is 2.90 bits per heavy atom. The quantitative estimate of drug-likeness (QED) is 0.896. The van der Waals surface area contributed by atoms with Crippen LogP contribution in [0.5, 0.6) is 0 Å². The third-order valence-electron chi connectivity index (χ3n) is 3.80. The zero-order valence-electron chi connectivity index (χ0n) is 12.5. The van der Waals surface area contributed by atoms with Gasteiger partial charge in [-0.15, -0.1) is 24.8 Å². The van der Waals surface area contributed by atoms with E-state index in [0.29, 0.717) is 19.0 Å². The minimum atomic E-state index is 0. The molecule has 2 rings (SSSR count). The first-order valence-electron chi connectivity index (χ1n) is 7.25. The molecule has 1 unspecified atom stereocenters. The second-order valence-electron chi connectivity index (χ2n) is 5.13. The number of imidazole rings is 1. The first-order valence-corrected chi connectivity index (χ1v) is 7.25. The molecule has 0 aliphatic carbocycles. The fourth-order valence-electron chi connectivity index (χ4n) is 2.77. The van der Waals surface area contributed by atoms with Crippen molar-refractivity contribution in [1.29, 1.82) is 0 Å². The van der Waals surface area contributed by atoms with Crippen LogP contribution in [0.1, 0.15) is 44.5 Å². The second kappa shape index (κ2) is 10.0. The van der Waals surface area contributed by atoms with Gasteiger partial charge in [0.15, 0.2) is 0 Å². The molecule has 122 valence electrons. The van der Waals surface area contributed by atoms with Crippen LogP contribution in [-0.2, 0) is 11.2 Å². The lowest BCUT2D eigenvalue weighted by molar-refractivity contribution is -0.132. The van der Waals surface area contributed by atoms with Crippen LogP contribution >= 0.6 is 24.8 Å². The molecular weight excluding hydrogens is 311 g/mol. The number of hydrogen-bond donors (Lipinski definition) is 1. The predicted octanol–water partition coefficient (Wildman–Crippen LogP) is 2.19. The number of halogens is 2. The lowest BCUT2D eigenvalue weighted by atomic mass is 10.0. The normalized spacial score (nSPS) is 17.8. The number of aryl methyl sites for hydroxylation is 1. The fraction of sp³-hybridized carbons (Fsp3) is 0.714. The maximum atomic E-state index is 12.1. The Balaban J connectivity index is 0.00000200. The van der Waals surface area contributed by atoms with E-state index in [1.165, 1.54) is 0 Å². The first kappa shape index (κ1) is 20.2. The summed E-state index contributed by atoms with van der Waals surface area (Å²) in [5.74, 6) is 1.36. The van der Waals surface area contributed by atoms with Crippen molar-refractivity contribution in [2.45, 2.75) is 45.1 Å². The van der Waals surface area contributed by atoms with Crippen molar-refractivity contribution >= 4 is 30.7 Å². The van der Waals surface area contributed by atoms with Crippen molar-refractivity contribution < 1.29 is 4.79 Å². The summed E-state index contributed by atoms with van der Waals surface area (Å²) in [6, 6.07) is 0.382. The molecule has 0 spiro atoms. The maximum absolute atomic E-state index is 12.1. The van der Waals surface area contributed by atoms with Gasteiger partial charge in [0.25, 0.3) is 0 Å². The highest BCUT2D eigenvalue weighted by Gasteiger charge is 2.25. The minimum Gasteiger partial charge on any atom is -0.341 e. The van der Waals surface area contributed by atoms with E-state index in [1.807, 2.05) is 17.3 Å². The molecule has 2 N–H and O–H groups in total. The largest absolute Gasteiger partial charge is 0.341 e. The maximum Gasteiger partial charge on any atom is 0.222 e. The molecule has 0 bridgehead atoms. The van der Waals surface area contributed by atoms with E-state index < -0.39 is 0 Å². The van der Waals surface area contributed by atoms with Gasteiger partial charge in [-0.2, -0.15) is 0 Å². The number of carbonyl (C=O) groups is 1. The van der Waals surface area contributed by atoms with Gasteiger partial charge in [0.05, 0.1) is 6.04 Å². The Hall–Kier alpha value is -0.780. The molecule has 2 heterocycles. The molecule has 1 aliphatic rings. The third kappa shape index (κ3) is 5.16. The number of hydrogen-bond acceptors (Lipinski definition) is 3. The second-order valence-corrected chi connectivity index (χ2v) is 5.13. The summed E-state index contributed by atoms with van der Waals surface area (Å²) in [6.45, 7) is 4.40. The van der Waals surface area contributed by atoms with Crippen molar-refractivity contribution in [3.05, 3.63) is 18.2 Å². The molecule has 1 aromatic rings. The molecule has 0 saturated carbocycles. The molecule has 0 radical (unpaired) electrons. The van der Waals surface area contributed by atoms with Gasteiger partial charge in [-0.05, 0) is 25.8 Å². The summed E-state index contributed by atoms with van der Waals surface area (Å²) in [5.41, 5.74) is 5.47. The fourth-order valence-corrected chi connectivity index (χ4v) is 2.77. The summed E-state index contributed by atoms with van der Waals surface area (Å²) in [5, 5.41) is 0. The number of piperidine rings is 1. The van der Waals surface area contributed by atoms with Crippen LogP contribution in [0.25, 0.3) is 0 Å². The Morgan fingerprint density at radius 2 is 2.24 bits per heavy atom. The molecule has 21 heavy (non-hydrogen) atoms. The highest BCUT2D eigenvalue weighted by Crippen LogP contribution is 2.23. The number of likely N-dealkylation sites (tertiary alicyclic amines) is 1. The SMILES string of the molecule is CCc1nccn1C1CCCN(C(=O)CCCN)C1.Cl.Cl. The van der Waals surface area contributed by atoms with Gasteiger partial charge in [0.2, 0.25) is 5.91 Å². The predicted molar refractivity (Wildman–Crippen MR) is 89.2 cm³/mol. The number of nitrogens with zero attached hydrogens (tertiary/aromatic N) is 3. The van der Waals surface area contributed by atoms with Crippen LogP contribution in [0.15, 0.2) is 12.4 Å². The van der Waals surface area contributed by atoms with Crippen LogP contribution in [-0.4, -0.2) is 40.0 Å². The number of aromatic nitrogens is 2. The van der Waals surface area contributed by atoms with Gasteiger partial charge in [0.1, 0.15) is 5.82 Å². The monoisotopic (exact) mass is 336 g/mol. The molecule has 1 aliphatic heterocycles. The van der Waals surface area contributed by atoms with E-state index in [-0.39, 0.29) is 30.7 Å². The summed E-state index contributed by atoms with van der Waals surface area (Å²) >= 11 is 0. The van der Waals surface area contributed by atoms with Crippen molar-refractivity contribution in [2.75, 3.05) is 19.6 Å². The van der Waals surface area contributed by atoms with Crippen LogP contribution in [0.2, 0.25) is 0 Å². The molecule has 7 heteroatoms. The highest BCUT2D eigenvalue weighted by atomic mass is 35.5. The van der Waals surface area contributed by atoms with Crippen LogP contribution in [0, 0.1) is 0 Å². The number of nitrogens with two attached hydrogens (primary N) is 1. The molecular formula is C14H26Cl2N4O. The zero-order chi connectivity index (χ0) is 13.7. The van der Waals surface area contributed by atoms with Crippen molar-refractivity contribution in [3.63, 3.8) is 0 Å². The van der Waals surface area contributed by atoms with Crippen molar-refractivity contribution in [3.8, 4) is 0 Å². The summed E-state index contributed by atoms with van der Waals surface area (Å²) in [7, 11) is 0. The molecule has 1 atom stereocenters. The van der Waals surface area contributed by atoms with E-state index in [9.17, 15) is 4.79 Å². The van der Waals surface area contributed by atoms with E-state index in [2.05, 4.69) is 16.5 Å². The lowest BCUT2D eigenvalue weighted by Crippen LogP contribution is -2.41. The highest BCUT2D eigenvalue weighted by molar-refractivity contribution is 5.85. The Bertz CT molecular complexity index is 425. The molecule has 1 saturated heterocycles. The Labute approximate surface area is 139 Å². The van der Waals surface area contributed by atoms with Gasteiger partial charge in [-0.1, -0.05) is 6.92 Å². The van der Waals surface area contributed by atoms with Crippen LogP contribution in [0.3, 0.4) is 0 Å². The van der Waals surface area contributed by atoms with Gasteiger partial charge in [0, 0.05) is 38.3 Å². The average molecular weight is 337 g/mol. The van der Waals surface area contributed by atoms with Crippen LogP contribution < -0.4 is 5.73 Å². The zero-order valence-corrected chi connectivity index (χ0v) is 14.2.